The minimum absolute atomic E-state index is 0.00481. The van der Waals surface area contributed by atoms with Crippen molar-refractivity contribution < 1.29 is 19.5 Å². The van der Waals surface area contributed by atoms with Crippen LogP contribution in [0.15, 0.2) is 30.3 Å². The molecule has 0 saturated heterocycles. The number of carbonyl (C=O) groups is 3. The van der Waals surface area contributed by atoms with E-state index in [1.807, 2.05) is 0 Å². The van der Waals surface area contributed by atoms with Gasteiger partial charge in [-0.25, -0.2) is 4.79 Å². The maximum Gasteiger partial charge on any atom is 0.326 e. The first-order chi connectivity index (χ1) is 9.50. The molecule has 0 spiro atoms. The fourth-order valence-corrected chi connectivity index (χ4v) is 2.19. The van der Waals surface area contributed by atoms with E-state index in [0.29, 0.717) is 24.2 Å². The molecule has 5 nitrogen and oxygen atoms in total. The molecule has 108 valence electrons. The zero-order chi connectivity index (χ0) is 15.0. The number of amides is 1. The van der Waals surface area contributed by atoms with E-state index in [4.69, 9.17) is 5.11 Å². The average Bonchev–Trinajstić information content (AvgIpc) is 2.42. The van der Waals surface area contributed by atoms with Crippen LogP contribution >= 0.6 is 11.8 Å². The maximum atomic E-state index is 11.9. The third-order valence-electron chi connectivity index (χ3n) is 2.58. The first-order valence-electron chi connectivity index (χ1n) is 6.23. The van der Waals surface area contributed by atoms with Gasteiger partial charge in [0.15, 0.2) is 5.12 Å². The number of hydrogen-bond donors (Lipinski definition) is 2. The summed E-state index contributed by atoms with van der Waals surface area (Å²) in [5.41, 5.74) is 0.428. The summed E-state index contributed by atoms with van der Waals surface area (Å²) < 4.78 is 0. The summed E-state index contributed by atoms with van der Waals surface area (Å²) in [6.45, 7) is 1.47. The molecule has 1 aromatic rings. The maximum absolute atomic E-state index is 11.9. The number of hydrogen-bond acceptors (Lipinski definition) is 4. The van der Waals surface area contributed by atoms with E-state index in [1.54, 1.807) is 30.3 Å². The second-order valence-electron chi connectivity index (χ2n) is 4.21. The zero-order valence-corrected chi connectivity index (χ0v) is 12.0. The lowest BCUT2D eigenvalue weighted by atomic mass is 10.1. The van der Waals surface area contributed by atoms with Crippen molar-refractivity contribution >= 4 is 28.8 Å². The van der Waals surface area contributed by atoms with Gasteiger partial charge in [-0.2, -0.15) is 0 Å². The number of nitrogens with one attached hydrogen (secondary N) is 1. The molecule has 0 radical (unpaired) electrons. The van der Waals surface area contributed by atoms with Crippen LogP contribution in [0.5, 0.6) is 0 Å². The van der Waals surface area contributed by atoms with Gasteiger partial charge in [-0.1, -0.05) is 30.0 Å². The normalized spacial score (nSPS) is 11.7. The first kappa shape index (κ1) is 16.2. The minimum Gasteiger partial charge on any atom is -0.480 e. The molecule has 0 aliphatic heterocycles. The first-order valence-corrected chi connectivity index (χ1v) is 7.21. The van der Waals surface area contributed by atoms with Crippen LogP contribution in [0.25, 0.3) is 0 Å². The third-order valence-corrected chi connectivity index (χ3v) is 3.48. The summed E-state index contributed by atoms with van der Waals surface area (Å²) in [7, 11) is 0. The lowest BCUT2D eigenvalue weighted by molar-refractivity contribution is -0.139. The largest absolute Gasteiger partial charge is 0.480 e. The SMILES string of the molecule is CC(=O)SCCCC(NC(=O)c1ccccc1)C(=O)O. The third kappa shape index (κ3) is 5.88. The summed E-state index contributed by atoms with van der Waals surface area (Å²) >= 11 is 1.16. The molecule has 1 atom stereocenters. The van der Waals surface area contributed by atoms with E-state index in [2.05, 4.69) is 5.32 Å². The van der Waals surface area contributed by atoms with E-state index in [9.17, 15) is 14.4 Å². The molecule has 0 saturated carbocycles. The molecule has 6 heteroatoms. The van der Waals surface area contributed by atoms with Crippen LogP contribution in [0.1, 0.15) is 30.1 Å². The second kappa shape index (κ2) is 8.37. The number of thioether (sulfide) groups is 1. The predicted octanol–water partition coefficient (Wildman–Crippen LogP) is 1.93. The molecule has 0 bridgehead atoms. The highest BCUT2D eigenvalue weighted by Gasteiger charge is 2.20. The molecule has 2 N–H and O–H groups in total. The monoisotopic (exact) mass is 295 g/mol. The molecule has 0 heterocycles. The molecule has 1 amide bonds. The zero-order valence-electron chi connectivity index (χ0n) is 11.2. The lowest BCUT2D eigenvalue weighted by Gasteiger charge is -2.14. The molecule has 1 rings (SSSR count). The Kier molecular flexibility index (Phi) is 6.79. The van der Waals surface area contributed by atoms with Crippen LogP contribution in [0.4, 0.5) is 0 Å². The molecule has 0 aliphatic rings. The Labute approximate surface area is 121 Å². The molecular formula is C14H17NO4S. The lowest BCUT2D eigenvalue weighted by Crippen LogP contribution is -2.40. The van der Waals surface area contributed by atoms with Crippen LogP contribution < -0.4 is 5.32 Å². The topological polar surface area (TPSA) is 83.5 Å². The van der Waals surface area contributed by atoms with Crippen molar-refractivity contribution in [3.8, 4) is 0 Å². The predicted molar refractivity (Wildman–Crippen MR) is 77.7 cm³/mol. The summed E-state index contributed by atoms with van der Waals surface area (Å²) in [6.07, 6.45) is 0.852. The highest BCUT2D eigenvalue weighted by Crippen LogP contribution is 2.08. The van der Waals surface area contributed by atoms with Crippen molar-refractivity contribution in [2.24, 2.45) is 0 Å². The van der Waals surface area contributed by atoms with E-state index >= 15 is 0 Å². The fourth-order valence-electron chi connectivity index (χ4n) is 1.59. The van der Waals surface area contributed by atoms with Crippen molar-refractivity contribution in [1.29, 1.82) is 0 Å². The second-order valence-corrected chi connectivity index (χ2v) is 5.48. The average molecular weight is 295 g/mol. The molecule has 20 heavy (non-hydrogen) atoms. The molecule has 0 fully saturated rings. The number of carboxylic acid groups (broad SMARTS) is 1. The van der Waals surface area contributed by atoms with Gasteiger partial charge in [-0.05, 0) is 25.0 Å². The number of benzene rings is 1. The highest BCUT2D eigenvalue weighted by molar-refractivity contribution is 8.13. The summed E-state index contributed by atoms with van der Waals surface area (Å²) in [4.78, 5) is 33.7. The molecule has 0 aromatic heterocycles. The van der Waals surface area contributed by atoms with Gasteiger partial charge in [0.2, 0.25) is 0 Å². The van der Waals surface area contributed by atoms with Gasteiger partial charge in [-0.3, -0.25) is 9.59 Å². The van der Waals surface area contributed by atoms with Crippen molar-refractivity contribution in [2.45, 2.75) is 25.8 Å². The van der Waals surface area contributed by atoms with Crippen LogP contribution in [-0.2, 0) is 9.59 Å². The van der Waals surface area contributed by atoms with Gasteiger partial charge in [0.25, 0.3) is 5.91 Å². The van der Waals surface area contributed by atoms with Crippen molar-refractivity contribution in [1.82, 2.24) is 5.32 Å². The Hall–Kier alpha value is -1.82. The standard InChI is InChI=1S/C14H17NO4S/c1-10(16)20-9-5-8-12(14(18)19)15-13(17)11-6-3-2-4-7-11/h2-4,6-7,12H,5,8-9H2,1H3,(H,15,17)(H,18,19). The summed E-state index contributed by atoms with van der Waals surface area (Å²) in [6, 6.07) is 7.53. The van der Waals surface area contributed by atoms with E-state index in [-0.39, 0.29) is 5.12 Å². The van der Waals surface area contributed by atoms with Crippen LogP contribution in [0.2, 0.25) is 0 Å². The fraction of sp³-hybridized carbons (Fsp3) is 0.357. The Morgan fingerprint density at radius 2 is 1.90 bits per heavy atom. The van der Waals surface area contributed by atoms with Gasteiger partial charge in [0.1, 0.15) is 6.04 Å². The Balaban J connectivity index is 2.49. The van der Waals surface area contributed by atoms with Crippen LogP contribution in [0, 0.1) is 0 Å². The van der Waals surface area contributed by atoms with Gasteiger partial charge < -0.3 is 10.4 Å². The van der Waals surface area contributed by atoms with Crippen LogP contribution in [0.3, 0.4) is 0 Å². The number of rotatable bonds is 7. The molecule has 1 aromatic carbocycles. The Morgan fingerprint density at radius 1 is 1.25 bits per heavy atom. The number of carbonyl (C=O) groups excluding carboxylic acids is 2. The van der Waals surface area contributed by atoms with Gasteiger partial charge in [0, 0.05) is 18.2 Å². The van der Waals surface area contributed by atoms with E-state index in [0.717, 1.165) is 11.8 Å². The van der Waals surface area contributed by atoms with Crippen LogP contribution in [-0.4, -0.2) is 33.9 Å². The van der Waals surface area contributed by atoms with Gasteiger partial charge in [-0.15, -0.1) is 0 Å². The molecular weight excluding hydrogens is 278 g/mol. The van der Waals surface area contributed by atoms with E-state index in [1.165, 1.54) is 6.92 Å². The quantitative estimate of drug-likeness (QED) is 0.751. The summed E-state index contributed by atoms with van der Waals surface area (Å²) in [5.74, 6) is -0.917. The summed E-state index contributed by atoms with van der Waals surface area (Å²) in [5, 5.41) is 11.6. The number of aliphatic carboxylic acids is 1. The Bertz CT molecular complexity index is 475. The van der Waals surface area contributed by atoms with Gasteiger partial charge >= 0.3 is 5.97 Å². The smallest absolute Gasteiger partial charge is 0.326 e. The van der Waals surface area contributed by atoms with Gasteiger partial charge in [0.05, 0.1) is 0 Å². The highest BCUT2D eigenvalue weighted by atomic mass is 32.2. The molecule has 1 unspecified atom stereocenters. The Morgan fingerprint density at radius 3 is 2.45 bits per heavy atom. The van der Waals surface area contributed by atoms with Crippen molar-refractivity contribution in [2.75, 3.05) is 5.75 Å². The van der Waals surface area contributed by atoms with Crippen molar-refractivity contribution in [3.05, 3.63) is 35.9 Å². The number of carboxylic acids is 1. The minimum atomic E-state index is -1.07. The molecule has 0 aliphatic carbocycles. The van der Waals surface area contributed by atoms with Crippen molar-refractivity contribution in [3.63, 3.8) is 0 Å². The van der Waals surface area contributed by atoms with E-state index < -0.39 is 17.9 Å².